The fourth-order valence-corrected chi connectivity index (χ4v) is 3.66. The van der Waals surface area contributed by atoms with Crippen LogP contribution in [0.25, 0.3) is 0 Å². The van der Waals surface area contributed by atoms with Gasteiger partial charge in [-0.2, -0.15) is 0 Å². The van der Waals surface area contributed by atoms with Crippen LogP contribution in [-0.4, -0.2) is 39.5 Å². The molecule has 2 heterocycles. The Bertz CT molecular complexity index is 711. The molecule has 1 atom stereocenters. The van der Waals surface area contributed by atoms with Gasteiger partial charge in [-0.25, -0.2) is 4.79 Å². The zero-order valence-corrected chi connectivity index (χ0v) is 15.0. The van der Waals surface area contributed by atoms with Crippen molar-refractivity contribution in [3.05, 3.63) is 30.1 Å². The SMILES string of the molecule is CCC(=NCc1cccnc1)C1C(=O)NC(=O)N(C2CCCCC2)C1=O. The molecule has 7 nitrogen and oxygen atoms in total. The van der Waals surface area contributed by atoms with Gasteiger partial charge in [0.2, 0.25) is 11.8 Å². The molecule has 4 amide bonds. The van der Waals surface area contributed by atoms with Gasteiger partial charge < -0.3 is 0 Å². The van der Waals surface area contributed by atoms with Gasteiger partial charge in [0.05, 0.1) is 6.54 Å². The van der Waals surface area contributed by atoms with Gasteiger partial charge in [-0.05, 0) is 30.9 Å². The van der Waals surface area contributed by atoms with Crippen molar-refractivity contribution in [3.63, 3.8) is 0 Å². The van der Waals surface area contributed by atoms with E-state index >= 15 is 0 Å². The fourth-order valence-electron chi connectivity index (χ4n) is 3.66. The number of aromatic nitrogens is 1. The van der Waals surface area contributed by atoms with E-state index in [1.54, 1.807) is 12.4 Å². The zero-order chi connectivity index (χ0) is 18.5. The summed E-state index contributed by atoms with van der Waals surface area (Å²) < 4.78 is 0. The second-order valence-corrected chi connectivity index (χ2v) is 6.75. The molecule has 1 unspecified atom stereocenters. The molecule has 0 bridgehead atoms. The molecular weight excluding hydrogens is 332 g/mol. The molecule has 1 aromatic heterocycles. The van der Waals surface area contributed by atoms with Crippen LogP contribution in [0.3, 0.4) is 0 Å². The predicted octanol–water partition coefficient (Wildman–Crippen LogP) is 2.46. The van der Waals surface area contributed by atoms with Crippen molar-refractivity contribution in [2.24, 2.45) is 10.9 Å². The quantitative estimate of drug-likeness (QED) is 0.648. The normalized spacial score (nSPS) is 22.5. The van der Waals surface area contributed by atoms with Crippen molar-refractivity contribution in [2.75, 3.05) is 0 Å². The van der Waals surface area contributed by atoms with Crippen molar-refractivity contribution >= 4 is 23.6 Å². The maximum absolute atomic E-state index is 13.0. The molecule has 0 spiro atoms. The first-order valence-corrected chi connectivity index (χ1v) is 9.21. The third-order valence-corrected chi connectivity index (χ3v) is 5.02. The van der Waals surface area contributed by atoms with Crippen LogP contribution in [0.15, 0.2) is 29.5 Å². The molecular formula is C19H24N4O3. The van der Waals surface area contributed by atoms with E-state index in [9.17, 15) is 14.4 Å². The molecule has 1 aliphatic heterocycles. The number of imide groups is 2. The molecule has 1 aromatic rings. The Hall–Kier alpha value is -2.57. The number of urea groups is 1. The average Bonchev–Trinajstić information content (AvgIpc) is 2.65. The number of hydrogen-bond acceptors (Lipinski definition) is 5. The van der Waals surface area contributed by atoms with Crippen LogP contribution < -0.4 is 5.32 Å². The lowest BCUT2D eigenvalue weighted by Crippen LogP contribution is -2.62. The number of nitrogens with zero attached hydrogens (tertiary/aromatic N) is 3. The summed E-state index contributed by atoms with van der Waals surface area (Å²) in [5.74, 6) is -2.02. The minimum atomic E-state index is -1.02. The van der Waals surface area contributed by atoms with Gasteiger partial charge in [0, 0.05) is 24.1 Å². The number of rotatable bonds is 5. The van der Waals surface area contributed by atoms with Crippen LogP contribution in [-0.2, 0) is 16.1 Å². The topological polar surface area (TPSA) is 91.7 Å². The average molecular weight is 356 g/mol. The number of nitrogens with one attached hydrogen (secondary N) is 1. The van der Waals surface area contributed by atoms with Crippen LogP contribution >= 0.6 is 0 Å². The van der Waals surface area contributed by atoms with Crippen LogP contribution in [0, 0.1) is 5.92 Å². The van der Waals surface area contributed by atoms with E-state index in [0.29, 0.717) is 18.7 Å². The maximum Gasteiger partial charge on any atom is 0.331 e. The molecule has 0 radical (unpaired) electrons. The predicted molar refractivity (Wildman–Crippen MR) is 96.4 cm³/mol. The van der Waals surface area contributed by atoms with Crippen LogP contribution in [0.4, 0.5) is 4.79 Å². The number of pyridine rings is 1. The van der Waals surface area contributed by atoms with E-state index in [1.807, 2.05) is 19.1 Å². The lowest BCUT2D eigenvalue weighted by atomic mass is 9.90. The van der Waals surface area contributed by atoms with E-state index < -0.39 is 23.8 Å². The Morgan fingerprint density at radius 1 is 1.27 bits per heavy atom. The van der Waals surface area contributed by atoms with Gasteiger partial charge in [-0.3, -0.25) is 29.8 Å². The van der Waals surface area contributed by atoms with Crippen molar-refractivity contribution in [2.45, 2.75) is 58.0 Å². The van der Waals surface area contributed by atoms with Gasteiger partial charge >= 0.3 is 6.03 Å². The Labute approximate surface area is 152 Å². The zero-order valence-electron chi connectivity index (χ0n) is 15.0. The summed E-state index contributed by atoms with van der Waals surface area (Å²) in [6.07, 6.45) is 8.57. The molecule has 7 heteroatoms. The Morgan fingerprint density at radius 3 is 2.69 bits per heavy atom. The lowest BCUT2D eigenvalue weighted by Gasteiger charge is -2.37. The Balaban J connectivity index is 1.82. The first kappa shape index (κ1) is 18.2. The Morgan fingerprint density at radius 2 is 2.04 bits per heavy atom. The third kappa shape index (κ3) is 3.81. The van der Waals surface area contributed by atoms with Gasteiger partial charge in [-0.1, -0.05) is 32.3 Å². The standard InChI is InChI=1S/C19H24N4O3/c1-2-15(21-12-13-7-6-10-20-11-13)16-17(24)22-19(26)23(18(16)25)14-8-4-3-5-9-14/h6-7,10-11,14,16H,2-5,8-9,12H2,1H3,(H,22,24,26). The van der Waals surface area contributed by atoms with Crippen molar-refractivity contribution < 1.29 is 14.4 Å². The highest BCUT2D eigenvalue weighted by Gasteiger charge is 2.45. The number of hydrogen-bond donors (Lipinski definition) is 1. The summed E-state index contributed by atoms with van der Waals surface area (Å²) in [7, 11) is 0. The smallest absolute Gasteiger partial charge is 0.288 e. The van der Waals surface area contributed by atoms with Crippen molar-refractivity contribution in [1.29, 1.82) is 0 Å². The summed E-state index contributed by atoms with van der Waals surface area (Å²) in [6, 6.07) is 3.00. The molecule has 3 rings (SSSR count). The van der Waals surface area contributed by atoms with Crippen LogP contribution in [0.2, 0.25) is 0 Å². The van der Waals surface area contributed by atoms with Gasteiger partial charge in [0.25, 0.3) is 0 Å². The second kappa shape index (κ2) is 8.21. The number of carbonyl (C=O) groups excluding carboxylic acids is 3. The molecule has 1 aliphatic carbocycles. The van der Waals surface area contributed by atoms with Gasteiger partial charge in [0.15, 0.2) is 5.92 Å². The first-order valence-electron chi connectivity index (χ1n) is 9.21. The van der Waals surface area contributed by atoms with Crippen molar-refractivity contribution in [1.82, 2.24) is 15.2 Å². The molecule has 138 valence electrons. The molecule has 26 heavy (non-hydrogen) atoms. The molecule has 0 aromatic carbocycles. The van der Waals surface area contributed by atoms with Crippen molar-refractivity contribution in [3.8, 4) is 0 Å². The van der Waals surface area contributed by atoms with E-state index in [2.05, 4.69) is 15.3 Å². The highest BCUT2D eigenvalue weighted by atomic mass is 16.2. The van der Waals surface area contributed by atoms with E-state index in [0.717, 1.165) is 37.7 Å². The largest absolute Gasteiger partial charge is 0.331 e. The number of barbiturate groups is 1. The van der Waals surface area contributed by atoms with E-state index in [-0.39, 0.29) is 6.04 Å². The molecule has 2 fully saturated rings. The summed E-state index contributed by atoms with van der Waals surface area (Å²) in [4.78, 5) is 47.5. The van der Waals surface area contributed by atoms with Gasteiger partial charge in [-0.15, -0.1) is 0 Å². The number of carbonyl (C=O) groups is 3. The summed E-state index contributed by atoms with van der Waals surface area (Å²) >= 11 is 0. The minimum absolute atomic E-state index is 0.122. The lowest BCUT2D eigenvalue weighted by molar-refractivity contribution is -0.141. The highest BCUT2D eigenvalue weighted by Crippen LogP contribution is 2.26. The molecule has 2 aliphatic rings. The Kier molecular flexibility index (Phi) is 5.75. The first-order chi connectivity index (χ1) is 12.6. The van der Waals surface area contributed by atoms with Crippen LogP contribution in [0.5, 0.6) is 0 Å². The van der Waals surface area contributed by atoms with E-state index in [1.165, 1.54) is 4.90 Å². The third-order valence-electron chi connectivity index (χ3n) is 5.02. The summed E-state index contributed by atoms with van der Waals surface area (Å²) in [5, 5.41) is 2.35. The van der Waals surface area contributed by atoms with E-state index in [4.69, 9.17) is 0 Å². The minimum Gasteiger partial charge on any atom is -0.288 e. The molecule has 1 saturated heterocycles. The number of amides is 4. The fraction of sp³-hybridized carbons (Fsp3) is 0.526. The summed E-state index contributed by atoms with van der Waals surface area (Å²) in [6.45, 7) is 2.22. The second-order valence-electron chi connectivity index (χ2n) is 6.75. The maximum atomic E-state index is 13.0. The molecule has 1 saturated carbocycles. The van der Waals surface area contributed by atoms with Crippen LogP contribution in [0.1, 0.15) is 51.0 Å². The van der Waals surface area contributed by atoms with Gasteiger partial charge in [0.1, 0.15) is 0 Å². The molecule has 1 N–H and O–H groups in total. The summed E-state index contributed by atoms with van der Waals surface area (Å²) in [5.41, 5.74) is 1.41. The number of aliphatic imine (C=N–C) groups is 1. The highest BCUT2D eigenvalue weighted by molar-refractivity contribution is 6.27. The monoisotopic (exact) mass is 356 g/mol.